The van der Waals surface area contributed by atoms with Crippen molar-refractivity contribution < 1.29 is 55.4 Å². The lowest BCUT2D eigenvalue weighted by Crippen LogP contribution is -2.67. The molecule has 23 heavy (non-hydrogen) atoms. The Balaban J connectivity index is 2.13. The van der Waals surface area contributed by atoms with E-state index in [-0.39, 0.29) is 0 Å². The van der Waals surface area contributed by atoms with Gasteiger partial charge in [-0.25, -0.2) is 0 Å². The fourth-order valence-electron chi connectivity index (χ4n) is 2.69. The summed E-state index contributed by atoms with van der Waals surface area (Å²) in [7, 11) is 0. The summed E-state index contributed by atoms with van der Waals surface area (Å²) in [6.07, 6.45) is -18.9. The van der Waals surface area contributed by atoms with Gasteiger partial charge in [-0.2, -0.15) is 0 Å². The average Bonchev–Trinajstić information content (AvgIpc) is 2.54. The zero-order valence-corrected chi connectivity index (χ0v) is 11.9. The lowest BCUT2D eigenvalue weighted by molar-refractivity contribution is -0.339. The Bertz CT molecular complexity index is 377. The Kier molecular flexibility index (Phi) is 5.92. The van der Waals surface area contributed by atoms with E-state index in [9.17, 15) is 40.9 Å². The Morgan fingerprint density at radius 3 is 1.52 bits per heavy atom. The molecule has 0 radical (unpaired) electrons. The third kappa shape index (κ3) is 3.36. The number of aliphatic hydroxyl groups is 9. The van der Waals surface area contributed by atoms with E-state index in [0.717, 1.165) is 0 Å². The van der Waals surface area contributed by atoms with Gasteiger partial charge in [0.15, 0.2) is 6.29 Å². The first-order valence-corrected chi connectivity index (χ1v) is 7.07. The van der Waals surface area contributed by atoms with Crippen LogP contribution < -0.4 is 0 Å². The summed E-state index contributed by atoms with van der Waals surface area (Å²) in [5, 5.41) is 86.6. The number of ether oxygens (including phenoxy) is 2. The highest BCUT2D eigenvalue weighted by atomic mass is 16.7. The van der Waals surface area contributed by atoms with E-state index in [4.69, 9.17) is 14.6 Å². The van der Waals surface area contributed by atoms with Gasteiger partial charge in [0.2, 0.25) is 0 Å². The summed E-state index contributed by atoms with van der Waals surface area (Å²) in [6, 6.07) is 0. The van der Waals surface area contributed by atoms with Crippen LogP contribution in [0.4, 0.5) is 0 Å². The third-order valence-corrected chi connectivity index (χ3v) is 4.21. The van der Waals surface area contributed by atoms with Crippen LogP contribution in [-0.2, 0) is 9.47 Å². The number of aliphatic hydroxyl groups excluding tert-OH is 9. The molecule has 2 aliphatic rings. The Hall–Kier alpha value is -0.440. The lowest BCUT2D eigenvalue weighted by Gasteiger charge is -2.45. The highest BCUT2D eigenvalue weighted by molar-refractivity contribution is 5.00. The van der Waals surface area contributed by atoms with Gasteiger partial charge in [0.25, 0.3) is 0 Å². The van der Waals surface area contributed by atoms with Crippen molar-refractivity contribution >= 4 is 0 Å². The van der Waals surface area contributed by atoms with E-state index in [0.29, 0.717) is 0 Å². The summed E-state index contributed by atoms with van der Waals surface area (Å²) >= 11 is 0. The highest BCUT2D eigenvalue weighted by Crippen LogP contribution is 2.29. The fraction of sp³-hybridized carbons (Fsp3) is 1.00. The minimum absolute atomic E-state index is 0.704. The summed E-state index contributed by atoms with van der Waals surface area (Å²) in [5.41, 5.74) is 0. The minimum Gasteiger partial charge on any atom is -0.394 e. The molecule has 1 heterocycles. The maximum atomic E-state index is 9.85. The largest absolute Gasteiger partial charge is 0.394 e. The van der Waals surface area contributed by atoms with Crippen LogP contribution in [-0.4, -0.2) is 120 Å². The molecule has 136 valence electrons. The SMILES string of the molecule is OC[C@H]1O[C@H](OC2[C@H](O)[C@H](O)C(O)[C@H](O)[C@H]2O)[C@H](O)C(O)[C@H]1O. The monoisotopic (exact) mass is 342 g/mol. The summed E-state index contributed by atoms with van der Waals surface area (Å²) in [5.74, 6) is 0. The quantitative estimate of drug-likeness (QED) is 0.236. The van der Waals surface area contributed by atoms with E-state index in [1.165, 1.54) is 0 Å². The molecule has 1 saturated carbocycles. The van der Waals surface area contributed by atoms with Gasteiger partial charge in [0.1, 0.15) is 61.0 Å². The Morgan fingerprint density at radius 2 is 1.04 bits per heavy atom. The molecule has 0 amide bonds. The molecule has 3 unspecified atom stereocenters. The number of rotatable bonds is 3. The summed E-state index contributed by atoms with van der Waals surface area (Å²) in [4.78, 5) is 0. The molecule has 11 heteroatoms. The maximum absolute atomic E-state index is 9.85. The maximum Gasteiger partial charge on any atom is 0.187 e. The summed E-state index contributed by atoms with van der Waals surface area (Å²) in [6.45, 7) is -0.704. The topological polar surface area (TPSA) is 201 Å². The molecule has 2 fully saturated rings. The predicted molar refractivity (Wildman–Crippen MR) is 68.7 cm³/mol. The van der Waals surface area contributed by atoms with Crippen molar-refractivity contribution in [1.82, 2.24) is 0 Å². The van der Waals surface area contributed by atoms with Gasteiger partial charge >= 0.3 is 0 Å². The van der Waals surface area contributed by atoms with E-state index in [1.807, 2.05) is 0 Å². The molecule has 0 aromatic heterocycles. The fourth-order valence-corrected chi connectivity index (χ4v) is 2.69. The molecule has 1 aliphatic heterocycles. The first kappa shape index (κ1) is 18.9. The van der Waals surface area contributed by atoms with Gasteiger partial charge in [0.05, 0.1) is 6.61 Å². The molecule has 11 nitrogen and oxygen atoms in total. The van der Waals surface area contributed by atoms with E-state index < -0.39 is 73.9 Å². The number of hydrogen-bond donors (Lipinski definition) is 9. The van der Waals surface area contributed by atoms with Crippen molar-refractivity contribution in [2.75, 3.05) is 6.61 Å². The smallest absolute Gasteiger partial charge is 0.187 e. The van der Waals surface area contributed by atoms with Crippen molar-refractivity contribution in [3.63, 3.8) is 0 Å². The Labute approximate surface area is 130 Å². The van der Waals surface area contributed by atoms with Crippen molar-refractivity contribution in [3.8, 4) is 0 Å². The van der Waals surface area contributed by atoms with Crippen molar-refractivity contribution in [2.24, 2.45) is 0 Å². The van der Waals surface area contributed by atoms with Gasteiger partial charge in [0, 0.05) is 0 Å². The van der Waals surface area contributed by atoms with Crippen LogP contribution in [0.25, 0.3) is 0 Å². The van der Waals surface area contributed by atoms with Crippen LogP contribution in [0, 0.1) is 0 Å². The van der Waals surface area contributed by atoms with Crippen molar-refractivity contribution in [1.29, 1.82) is 0 Å². The second kappa shape index (κ2) is 7.21. The van der Waals surface area contributed by atoms with Gasteiger partial charge in [-0.3, -0.25) is 0 Å². The highest BCUT2D eigenvalue weighted by Gasteiger charge is 2.52. The molecule has 9 N–H and O–H groups in total. The van der Waals surface area contributed by atoms with Crippen LogP contribution in [0.5, 0.6) is 0 Å². The molecule has 0 aromatic rings. The average molecular weight is 342 g/mol. The van der Waals surface area contributed by atoms with Gasteiger partial charge < -0.3 is 55.4 Å². The second-order valence-electron chi connectivity index (χ2n) is 5.75. The van der Waals surface area contributed by atoms with Crippen LogP contribution in [0.15, 0.2) is 0 Å². The molecule has 0 aromatic carbocycles. The van der Waals surface area contributed by atoms with E-state index in [1.54, 1.807) is 0 Å². The number of hydrogen-bond acceptors (Lipinski definition) is 11. The van der Waals surface area contributed by atoms with Crippen molar-refractivity contribution in [3.05, 3.63) is 0 Å². The molecule has 1 aliphatic carbocycles. The van der Waals surface area contributed by atoms with Gasteiger partial charge in [-0.1, -0.05) is 0 Å². The van der Waals surface area contributed by atoms with Crippen LogP contribution in [0.1, 0.15) is 0 Å². The zero-order chi connectivity index (χ0) is 17.5. The van der Waals surface area contributed by atoms with E-state index >= 15 is 0 Å². The summed E-state index contributed by atoms with van der Waals surface area (Å²) < 4.78 is 10.2. The van der Waals surface area contributed by atoms with E-state index in [2.05, 4.69) is 0 Å². The standard InChI is InChI=1S/C12H22O11/c13-1-2-3(14)4(15)10(21)12(22-2)23-11-8(19)6(17)5(16)7(18)9(11)20/h2-21H,1H2/t2-,3+,4?,5?,6-,7+,8-,9-,10-,11?,12-/m1/s1. The predicted octanol–water partition coefficient (Wildman–Crippen LogP) is -6.01. The van der Waals surface area contributed by atoms with Crippen LogP contribution >= 0.6 is 0 Å². The zero-order valence-electron chi connectivity index (χ0n) is 11.9. The molecule has 2 rings (SSSR count). The second-order valence-corrected chi connectivity index (χ2v) is 5.75. The van der Waals surface area contributed by atoms with Crippen LogP contribution in [0.2, 0.25) is 0 Å². The van der Waals surface area contributed by atoms with Gasteiger partial charge in [-0.15, -0.1) is 0 Å². The first-order valence-electron chi connectivity index (χ1n) is 7.07. The Morgan fingerprint density at radius 1 is 0.609 bits per heavy atom. The molecular weight excluding hydrogens is 320 g/mol. The normalized spacial score (nSPS) is 54.9. The molecule has 11 atom stereocenters. The molecule has 0 spiro atoms. The minimum atomic E-state index is -1.83. The molecule has 1 saturated heterocycles. The molecular formula is C12H22O11. The van der Waals surface area contributed by atoms with Crippen LogP contribution in [0.3, 0.4) is 0 Å². The first-order chi connectivity index (χ1) is 10.7. The van der Waals surface area contributed by atoms with Crippen molar-refractivity contribution in [2.45, 2.75) is 67.3 Å². The van der Waals surface area contributed by atoms with Gasteiger partial charge in [-0.05, 0) is 0 Å². The molecule has 0 bridgehead atoms. The third-order valence-electron chi connectivity index (χ3n) is 4.21. The lowest BCUT2D eigenvalue weighted by atomic mass is 9.84.